The number of aromatic nitrogens is 3. The van der Waals surface area contributed by atoms with Crippen LogP contribution in [0.15, 0.2) is 23.1 Å². The second kappa shape index (κ2) is 9.59. The number of aromatic amines is 1. The molecule has 0 saturated heterocycles. The number of carbonyl (C=O) groups excluding carboxylic acids is 1. The number of methoxy groups -OCH3 is 1. The lowest BCUT2D eigenvalue weighted by molar-refractivity contribution is -0.113. The summed E-state index contributed by atoms with van der Waals surface area (Å²) in [7, 11) is 1.59. The van der Waals surface area contributed by atoms with Gasteiger partial charge in [-0.15, -0.1) is 23.1 Å². The van der Waals surface area contributed by atoms with Crippen molar-refractivity contribution < 1.29 is 14.3 Å². The molecule has 30 heavy (non-hydrogen) atoms. The van der Waals surface area contributed by atoms with E-state index in [0.29, 0.717) is 36.4 Å². The first-order valence-electron chi connectivity index (χ1n) is 9.63. The smallest absolute Gasteiger partial charge is 0.259 e. The maximum absolute atomic E-state index is 12.5. The van der Waals surface area contributed by atoms with Crippen LogP contribution in [0.4, 0.5) is 5.69 Å². The molecule has 0 spiro atoms. The van der Waals surface area contributed by atoms with E-state index in [1.807, 2.05) is 0 Å². The molecule has 0 saturated carbocycles. The van der Waals surface area contributed by atoms with Crippen molar-refractivity contribution in [2.45, 2.75) is 25.0 Å². The van der Waals surface area contributed by atoms with Crippen molar-refractivity contribution in [3.05, 3.63) is 44.9 Å². The van der Waals surface area contributed by atoms with E-state index in [1.165, 1.54) is 22.2 Å². The van der Waals surface area contributed by atoms with Crippen LogP contribution in [0.2, 0.25) is 0 Å². The predicted octanol–water partition coefficient (Wildman–Crippen LogP) is 2.77. The Morgan fingerprint density at radius 1 is 1.37 bits per heavy atom. The van der Waals surface area contributed by atoms with Crippen LogP contribution in [-0.2, 0) is 28.1 Å². The monoisotopic (exact) mass is 446 g/mol. The van der Waals surface area contributed by atoms with Crippen LogP contribution < -0.4 is 15.6 Å². The van der Waals surface area contributed by atoms with E-state index in [9.17, 15) is 9.59 Å². The summed E-state index contributed by atoms with van der Waals surface area (Å²) >= 11 is 3.00. The Balaban J connectivity index is 1.34. The number of anilines is 1. The third kappa shape index (κ3) is 4.66. The zero-order chi connectivity index (χ0) is 20.9. The van der Waals surface area contributed by atoms with Gasteiger partial charge in [0.25, 0.3) is 5.56 Å². The molecule has 3 heterocycles. The first kappa shape index (κ1) is 20.8. The maximum atomic E-state index is 12.5. The number of ether oxygens (including phenoxy) is 2. The molecule has 3 aromatic rings. The highest BCUT2D eigenvalue weighted by Crippen LogP contribution is 2.34. The lowest BCUT2D eigenvalue weighted by Gasteiger charge is -2.10. The van der Waals surface area contributed by atoms with Crippen LogP contribution >= 0.6 is 23.1 Å². The van der Waals surface area contributed by atoms with Gasteiger partial charge in [-0.1, -0.05) is 0 Å². The molecule has 158 valence electrons. The molecule has 0 radical (unpaired) electrons. The first-order valence-corrected chi connectivity index (χ1v) is 11.6. The third-order valence-corrected chi connectivity index (χ3v) is 6.80. The Morgan fingerprint density at radius 3 is 3.13 bits per heavy atom. The Morgan fingerprint density at radius 2 is 2.27 bits per heavy atom. The Labute approximate surface area is 181 Å². The molecule has 2 N–H and O–H groups in total. The van der Waals surface area contributed by atoms with Gasteiger partial charge in [0, 0.05) is 18.2 Å². The molecule has 0 fully saturated rings. The number of pyridine rings is 1. The molecule has 1 aliphatic rings. The van der Waals surface area contributed by atoms with Crippen molar-refractivity contribution in [1.29, 1.82) is 0 Å². The molecule has 4 rings (SSSR count). The van der Waals surface area contributed by atoms with Crippen LogP contribution in [0.25, 0.3) is 10.2 Å². The van der Waals surface area contributed by atoms with Crippen LogP contribution in [0.1, 0.15) is 22.7 Å². The first-order chi connectivity index (χ1) is 14.7. The fraction of sp³-hybridized carbons (Fsp3) is 0.400. The largest absolute Gasteiger partial charge is 0.474 e. The van der Waals surface area contributed by atoms with Crippen molar-refractivity contribution in [3.63, 3.8) is 0 Å². The SMILES string of the molecule is COCCOc1ncccc1NC(=O)CSCc1nc2sc3c(c2c(=O)[nH]1)CCC3. The van der Waals surface area contributed by atoms with Crippen LogP contribution in [0.3, 0.4) is 0 Å². The number of carbonyl (C=O) groups is 1. The third-order valence-electron chi connectivity index (χ3n) is 4.67. The maximum Gasteiger partial charge on any atom is 0.259 e. The fourth-order valence-electron chi connectivity index (χ4n) is 3.36. The molecule has 0 atom stereocenters. The van der Waals surface area contributed by atoms with Crippen molar-refractivity contribution >= 4 is 44.9 Å². The van der Waals surface area contributed by atoms with Crippen LogP contribution in [-0.4, -0.2) is 46.9 Å². The number of hydrogen-bond donors (Lipinski definition) is 2. The molecule has 10 heteroatoms. The average molecular weight is 447 g/mol. The van der Waals surface area contributed by atoms with Crippen molar-refractivity contribution in [2.24, 2.45) is 0 Å². The molecular formula is C20H22N4O4S2. The van der Waals surface area contributed by atoms with Crippen molar-refractivity contribution in [1.82, 2.24) is 15.0 Å². The summed E-state index contributed by atoms with van der Waals surface area (Å²) in [6.45, 7) is 0.779. The number of nitrogens with zero attached hydrogens (tertiary/aromatic N) is 2. The van der Waals surface area contributed by atoms with Gasteiger partial charge in [-0.2, -0.15) is 0 Å². The summed E-state index contributed by atoms with van der Waals surface area (Å²) in [4.78, 5) is 38.5. The number of amides is 1. The summed E-state index contributed by atoms with van der Waals surface area (Å²) in [6.07, 6.45) is 4.70. The van der Waals surface area contributed by atoms with E-state index in [4.69, 9.17) is 9.47 Å². The minimum absolute atomic E-state index is 0.0762. The summed E-state index contributed by atoms with van der Waals surface area (Å²) in [5.41, 5.74) is 1.61. The predicted molar refractivity (Wildman–Crippen MR) is 119 cm³/mol. The summed E-state index contributed by atoms with van der Waals surface area (Å²) in [5, 5.41) is 3.56. The molecule has 0 unspecified atom stereocenters. The van der Waals surface area contributed by atoms with Gasteiger partial charge >= 0.3 is 0 Å². The molecule has 8 nitrogen and oxygen atoms in total. The van der Waals surface area contributed by atoms with E-state index in [0.717, 1.165) is 29.5 Å². The molecule has 1 amide bonds. The molecule has 1 aliphatic carbocycles. The number of rotatable bonds is 9. The van der Waals surface area contributed by atoms with Crippen molar-refractivity contribution in [3.8, 4) is 5.88 Å². The number of thiophene rings is 1. The van der Waals surface area contributed by atoms with Gasteiger partial charge in [-0.25, -0.2) is 9.97 Å². The molecule has 3 aromatic heterocycles. The van der Waals surface area contributed by atoms with E-state index in [2.05, 4.69) is 20.3 Å². The lowest BCUT2D eigenvalue weighted by Crippen LogP contribution is -2.17. The minimum atomic E-state index is -0.178. The van der Waals surface area contributed by atoms with Crippen LogP contribution in [0.5, 0.6) is 5.88 Å². The number of fused-ring (bicyclic) bond motifs is 3. The van der Waals surface area contributed by atoms with Gasteiger partial charge in [0.15, 0.2) is 0 Å². The van der Waals surface area contributed by atoms with Gasteiger partial charge in [0.1, 0.15) is 22.9 Å². The summed E-state index contributed by atoms with van der Waals surface area (Å²) in [5.74, 6) is 1.44. The number of hydrogen-bond acceptors (Lipinski definition) is 8. The summed E-state index contributed by atoms with van der Waals surface area (Å²) in [6, 6.07) is 3.47. The molecule has 0 aromatic carbocycles. The highest BCUT2D eigenvalue weighted by Gasteiger charge is 2.21. The highest BCUT2D eigenvalue weighted by molar-refractivity contribution is 7.99. The highest BCUT2D eigenvalue weighted by atomic mass is 32.2. The van der Waals surface area contributed by atoms with E-state index in [1.54, 1.807) is 36.8 Å². The van der Waals surface area contributed by atoms with E-state index in [-0.39, 0.29) is 17.2 Å². The quantitative estimate of drug-likeness (QED) is 0.487. The molecule has 0 bridgehead atoms. The zero-order valence-electron chi connectivity index (χ0n) is 16.5. The number of nitrogens with one attached hydrogen (secondary N) is 2. The molecular weight excluding hydrogens is 424 g/mol. The standard InChI is InChI=1S/C20H22N4O4S2/c1-27-8-9-28-19-13(5-3-7-21-19)22-16(25)11-29-10-15-23-18(26)17-12-4-2-6-14(12)30-20(17)24-15/h3,5,7H,2,4,6,8-11H2,1H3,(H,22,25)(H,23,24,26). The lowest BCUT2D eigenvalue weighted by atomic mass is 10.2. The van der Waals surface area contributed by atoms with E-state index < -0.39 is 0 Å². The van der Waals surface area contributed by atoms with Gasteiger partial charge in [0.05, 0.1) is 23.5 Å². The second-order valence-electron chi connectivity index (χ2n) is 6.79. The Hall–Kier alpha value is -2.43. The van der Waals surface area contributed by atoms with Gasteiger partial charge in [-0.3, -0.25) is 9.59 Å². The number of H-pyrrole nitrogens is 1. The average Bonchev–Trinajstić information content (AvgIpc) is 3.30. The van der Waals surface area contributed by atoms with Gasteiger partial charge in [-0.05, 0) is 37.0 Å². The minimum Gasteiger partial charge on any atom is -0.474 e. The van der Waals surface area contributed by atoms with Crippen LogP contribution in [0, 0.1) is 0 Å². The summed E-state index contributed by atoms with van der Waals surface area (Å²) < 4.78 is 10.5. The zero-order valence-corrected chi connectivity index (χ0v) is 18.2. The fourth-order valence-corrected chi connectivity index (χ4v) is 5.34. The number of aryl methyl sites for hydroxylation is 2. The molecule has 0 aliphatic heterocycles. The topological polar surface area (TPSA) is 106 Å². The second-order valence-corrected chi connectivity index (χ2v) is 8.86. The van der Waals surface area contributed by atoms with E-state index >= 15 is 0 Å². The number of thioether (sulfide) groups is 1. The van der Waals surface area contributed by atoms with Crippen molar-refractivity contribution in [2.75, 3.05) is 31.4 Å². The Bertz CT molecular complexity index is 1110. The van der Waals surface area contributed by atoms with Gasteiger partial charge < -0.3 is 19.8 Å². The normalized spacial score (nSPS) is 12.8. The Kier molecular flexibility index (Phi) is 6.66. The van der Waals surface area contributed by atoms with Gasteiger partial charge in [0.2, 0.25) is 11.8 Å².